The van der Waals surface area contributed by atoms with Crippen molar-refractivity contribution in [2.45, 2.75) is 25.3 Å². The average molecular weight is 315 g/mol. The number of carbonyl (C=O) groups is 1. The van der Waals surface area contributed by atoms with Gasteiger partial charge in [-0.1, -0.05) is 30.3 Å². The molecular weight excluding hydrogens is 294 g/mol. The van der Waals surface area contributed by atoms with Crippen molar-refractivity contribution < 1.29 is 4.79 Å². The summed E-state index contributed by atoms with van der Waals surface area (Å²) < 4.78 is 0. The number of likely N-dealkylation sites (N-methyl/N-ethyl adjacent to an activating group) is 1. The van der Waals surface area contributed by atoms with E-state index in [2.05, 4.69) is 10.3 Å². The van der Waals surface area contributed by atoms with Crippen LogP contribution in [-0.2, 0) is 11.2 Å². The van der Waals surface area contributed by atoms with Crippen LogP contribution in [0, 0.1) is 0 Å². The van der Waals surface area contributed by atoms with Crippen molar-refractivity contribution in [1.82, 2.24) is 15.2 Å². The third-order valence-electron chi connectivity index (χ3n) is 4.09. The van der Waals surface area contributed by atoms with Crippen molar-refractivity contribution in [2.24, 2.45) is 0 Å². The van der Waals surface area contributed by atoms with Gasteiger partial charge in [0, 0.05) is 30.1 Å². The zero-order valence-electron chi connectivity index (χ0n) is 12.8. The number of likely N-dealkylation sites (tertiary alicyclic amines) is 1. The number of hydrogen-bond acceptors (Lipinski definition) is 4. The molecule has 1 saturated heterocycles. The maximum absolute atomic E-state index is 12.4. The standard InChI is InChI=1S/C17H21N3OS/c1-18-14-8-5-9-20(11-14)16(21)10-15-12-22-17(19-15)13-6-3-2-4-7-13/h2-4,6-7,12,14,18H,5,8-11H2,1H3. The average Bonchev–Trinajstić information content (AvgIpc) is 3.04. The summed E-state index contributed by atoms with van der Waals surface area (Å²) in [6.45, 7) is 1.68. The highest BCUT2D eigenvalue weighted by Crippen LogP contribution is 2.23. The molecule has 5 heteroatoms. The van der Waals surface area contributed by atoms with Crippen LogP contribution in [0.5, 0.6) is 0 Å². The Hall–Kier alpha value is -1.72. The molecule has 0 saturated carbocycles. The topological polar surface area (TPSA) is 45.2 Å². The molecule has 0 aliphatic carbocycles. The van der Waals surface area contributed by atoms with E-state index in [1.54, 1.807) is 11.3 Å². The normalized spacial score (nSPS) is 18.4. The molecule has 1 N–H and O–H groups in total. The van der Waals surface area contributed by atoms with E-state index < -0.39 is 0 Å². The predicted molar refractivity (Wildman–Crippen MR) is 89.9 cm³/mol. The first-order chi connectivity index (χ1) is 10.8. The Morgan fingerprint density at radius 3 is 3.00 bits per heavy atom. The first kappa shape index (κ1) is 15.2. The highest BCUT2D eigenvalue weighted by Gasteiger charge is 2.23. The van der Waals surface area contributed by atoms with Gasteiger partial charge in [0.15, 0.2) is 0 Å². The van der Waals surface area contributed by atoms with Crippen LogP contribution in [0.2, 0.25) is 0 Å². The quantitative estimate of drug-likeness (QED) is 0.943. The lowest BCUT2D eigenvalue weighted by atomic mass is 10.1. The van der Waals surface area contributed by atoms with E-state index in [0.717, 1.165) is 42.2 Å². The molecule has 0 spiro atoms. The zero-order chi connectivity index (χ0) is 15.4. The van der Waals surface area contributed by atoms with Gasteiger partial charge in [-0.2, -0.15) is 0 Å². The minimum atomic E-state index is 0.185. The van der Waals surface area contributed by atoms with E-state index in [1.807, 2.05) is 47.7 Å². The van der Waals surface area contributed by atoms with Gasteiger partial charge >= 0.3 is 0 Å². The van der Waals surface area contributed by atoms with Crippen molar-refractivity contribution in [2.75, 3.05) is 20.1 Å². The number of carbonyl (C=O) groups excluding carboxylic acids is 1. The summed E-state index contributed by atoms with van der Waals surface area (Å²) >= 11 is 1.60. The molecule has 22 heavy (non-hydrogen) atoms. The van der Waals surface area contributed by atoms with Crippen molar-refractivity contribution in [3.63, 3.8) is 0 Å². The molecule has 2 heterocycles. The molecule has 0 bridgehead atoms. The molecule has 1 unspecified atom stereocenters. The van der Waals surface area contributed by atoms with Crippen molar-refractivity contribution in [3.8, 4) is 10.6 Å². The number of aromatic nitrogens is 1. The van der Waals surface area contributed by atoms with Gasteiger partial charge in [0.2, 0.25) is 5.91 Å². The SMILES string of the molecule is CNC1CCCN(C(=O)Cc2csc(-c3ccccc3)n2)C1. The Balaban J connectivity index is 1.64. The number of piperidine rings is 1. The second kappa shape index (κ2) is 7.03. The second-order valence-electron chi connectivity index (χ2n) is 5.65. The molecule has 1 aromatic heterocycles. The molecule has 3 rings (SSSR count). The van der Waals surface area contributed by atoms with Gasteiger partial charge in [-0.05, 0) is 19.9 Å². The van der Waals surface area contributed by atoms with Crippen LogP contribution >= 0.6 is 11.3 Å². The summed E-state index contributed by atoms with van der Waals surface area (Å²) in [5.41, 5.74) is 1.99. The van der Waals surface area contributed by atoms with Gasteiger partial charge < -0.3 is 10.2 Å². The number of nitrogens with one attached hydrogen (secondary N) is 1. The number of nitrogens with zero attached hydrogens (tertiary/aromatic N) is 2. The number of thiazole rings is 1. The lowest BCUT2D eigenvalue weighted by Crippen LogP contribution is -2.47. The summed E-state index contributed by atoms with van der Waals surface area (Å²) in [5, 5.41) is 6.25. The van der Waals surface area contributed by atoms with E-state index in [4.69, 9.17) is 0 Å². The van der Waals surface area contributed by atoms with Gasteiger partial charge in [-0.15, -0.1) is 11.3 Å². The molecule has 1 aromatic carbocycles. The fraction of sp³-hybridized carbons (Fsp3) is 0.412. The number of amides is 1. The molecule has 1 fully saturated rings. The summed E-state index contributed by atoms with van der Waals surface area (Å²) in [7, 11) is 1.96. The minimum absolute atomic E-state index is 0.185. The molecule has 0 radical (unpaired) electrons. The van der Waals surface area contributed by atoms with Crippen LogP contribution in [-0.4, -0.2) is 42.0 Å². The van der Waals surface area contributed by atoms with Crippen LogP contribution in [0.25, 0.3) is 10.6 Å². The maximum atomic E-state index is 12.4. The highest BCUT2D eigenvalue weighted by atomic mass is 32.1. The molecule has 2 aromatic rings. The second-order valence-corrected chi connectivity index (χ2v) is 6.51. The zero-order valence-corrected chi connectivity index (χ0v) is 13.6. The molecule has 116 valence electrons. The summed E-state index contributed by atoms with van der Waals surface area (Å²) in [4.78, 5) is 19.0. The van der Waals surface area contributed by atoms with Gasteiger partial charge in [0.05, 0.1) is 12.1 Å². The molecule has 1 atom stereocenters. The third kappa shape index (κ3) is 3.54. The molecular formula is C17H21N3OS. The molecule has 1 amide bonds. The van der Waals surface area contributed by atoms with E-state index in [1.165, 1.54) is 0 Å². The molecule has 4 nitrogen and oxygen atoms in total. The number of hydrogen-bond donors (Lipinski definition) is 1. The first-order valence-corrected chi connectivity index (χ1v) is 8.59. The fourth-order valence-corrected chi connectivity index (χ4v) is 3.63. The third-order valence-corrected chi connectivity index (χ3v) is 5.03. The summed E-state index contributed by atoms with van der Waals surface area (Å²) in [6, 6.07) is 10.5. The summed E-state index contributed by atoms with van der Waals surface area (Å²) in [6.07, 6.45) is 2.62. The van der Waals surface area contributed by atoms with Gasteiger partial charge in [-0.3, -0.25) is 4.79 Å². The van der Waals surface area contributed by atoms with E-state index in [-0.39, 0.29) is 5.91 Å². The van der Waals surface area contributed by atoms with Crippen molar-refractivity contribution in [3.05, 3.63) is 41.4 Å². The number of benzene rings is 1. The van der Waals surface area contributed by atoms with E-state index >= 15 is 0 Å². The Bertz CT molecular complexity index is 626. The van der Waals surface area contributed by atoms with Gasteiger partial charge in [-0.25, -0.2) is 4.98 Å². The Kier molecular flexibility index (Phi) is 4.85. The Labute approximate surface area is 135 Å². The minimum Gasteiger partial charge on any atom is -0.341 e. The van der Waals surface area contributed by atoms with E-state index in [9.17, 15) is 4.79 Å². The van der Waals surface area contributed by atoms with Crippen LogP contribution < -0.4 is 5.32 Å². The predicted octanol–water partition coefficient (Wildman–Crippen LogP) is 2.56. The Morgan fingerprint density at radius 2 is 2.23 bits per heavy atom. The fourth-order valence-electron chi connectivity index (χ4n) is 2.81. The monoisotopic (exact) mass is 315 g/mol. The molecule has 1 aliphatic rings. The number of rotatable bonds is 4. The largest absolute Gasteiger partial charge is 0.341 e. The van der Waals surface area contributed by atoms with E-state index in [0.29, 0.717) is 12.5 Å². The molecule has 1 aliphatic heterocycles. The summed E-state index contributed by atoms with van der Waals surface area (Å²) in [5.74, 6) is 0.185. The van der Waals surface area contributed by atoms with Crippen LogP contribution in [0.3, 0.4) is 0 Å². The van der Waals surface area contributed by atoms with Crippen molar-refractivity contribution >= 4 is 17.2 Å². The highest BCUT2D eigenvalue weighted by molar-refractivity contribution is 7.13. The lowest BCUT2D eigenvalue weighted by molar-refractivity contribution is -0.131. The lowest BCUT2D eigenvalue weighted by Gasteiger charge is -2.32. The maximum Gasteiger partial charge on any atom is 0.228 e. The Morgan fingerprint density at radius 1 is 1.41 bits per heavy atom. The van der Waals surface area contributed by atoms with Crippen LogP contribution in [0.15, 0.2) is 35.7 Å². The van der Waals surface area contributed by atoms with Gasteiger partial charge in [0.1, 0.15) is 5.01 Å². The van der Waals surface area contributed by atoms with Crippen LogP contribution in [0.1, 0.15) is 18.5 Å². The van der Waals surface area contributed by atoms with Gasteiger partial charge in [0.25, 0.3) is 0 Å². The smallest absolute Gasteiger partial charge is 0.228 e. The van der Waals surface area contributed by atoms with Crippen LogP contribution in [0.4, 0.5) is 0 Å². The first-order valence-electron chi connectivity index (χ1n) is 7.71. The van der Waals surface area contributed by atoms with Crippen molar-refractivity contribution in [1.29, 1.82) is 0 Å².